The van der Waals surface area contributed by atoms with Gasteiger partial charge in [-0.15, -0.1) is 11.3 Å². The molecule has 2 rings (SSSR count). The van der Waals surface area contributed by atoms with E-state index in [1.807, 2.05) is 6.07 Å². The average Bonchev–Trinajstić information content (AvgIpc) is 2.81. The standard InChI is InChI=1S/C15H17BrClNS/c1-2-8-18-13(14-6-7-15(17)19-14)10-11-4-3-5-12(16)9-11/h3-7,9,13,18H,2,8,10H2,1H3. The molecular formula is C15H17BrClNS. The van der Waals surface area contributed by atoms with Crippen LogP contribution in [-0.4, -0.2) is 6.54 Å². The second-order valence-electron chi connectivity index (χ2n) is 4.48. The highest BCUT2D eigenvalue weighted by Gasteiger charge is 2.13. The fourth-order valence-electron chi connectivity index (χ4n) is 2.01. The van der Waals surface area contributed by atoms with E-state index >= 15 is 0 Å². The van der Waals surface area contributed by atoms with E-state index in [0.717, 1.165) is 28.2 Å². The number of halogens is 2. The lowest BCUT2D eigenvalue weighted by Gasteiger charge is -2.17. The van der Waals surface area contributed by atoms with Crippen LogP contribution in [-0.2, 0) is 6.42 Å². The van der Waals surface area contributed by atoms with Crippen LogP contribution in [0.5, 0.6) is 0 Å². The van der Waals surface area contributed by atoms with Crippen molar-refractivity contribution < 1.29 is 0 Å². The zero-order valence-corrected chi connectivity index (χ0v) is 14.0. The van der Waals surface area contributed by atoms with Crippen LogP contribution < -0.4 is 5.32 Å². The van der Waals surface area contributed by atoms with Gasteiger partial charge in [0.05, 0.1) is 4.34 Å². The van der Waals surface area contributed by atoms with Crippen molar-refractivity contribution in [2.75, 3.05) is 6.54 Å². The first kappa shape index (κ1) is 15.0. The van der Waals surface area contributed by atoms with Crippen molar-refractivity contribution >= 4 is 38.9 Å². The second-order valence-corrected chi connectivity index (χ2v) is 7.14. The van der Waals surface area contributed by atoms with Gasteiger partial charge in [-0.1, -0.05) is 46.6 Å². The van der Waals surface area contributed by atoms with Gasteiger partial charge in [-0.05, 0) is 49.2 Å². The van der Waals surface area contributed by atoms with Crippen LogP contribution in [0.3, 0.4) is 0 Å². The van der Waals surface area contributed by atoms with Crippen LogP contribution in [0.25, 0.3) is 0 Å². The van der Waals surface area contributed by atoms with Crippen molar-refractivity contribution in [1.82, 2.24) is 5.32 Å². The first-order valence-electron chi connectivity index (χ1n) is 6.42. The molecule has 0 bridgehead atoms. The molecular weight excluding hydrogens is 342 g/mol. The topological polar surface area (TPSA) is 12.0 Å². The summed E-state index contributed by atoms with van der Waals surface area (Å²) in [5.74, 6) is 0. The highest BCUT2D eigenvalue weighted by Crippen LogP contribution is 2.29. The highest BCUT2D eigenvalue weighted by molar-refractivity contribution is 9.10. The van der Waals surface area contributed by atoms with Gasteiger partial charge in [-0.2, -0.15) is 0 Å². The van der Waals surface area contributed by atoms with Crippen molar-refractivity contribution in [1.29, 1.82) is 0 Å². The monoisotopic (exact) mass is 357 g/mol. The summed E-state index contributed by atoms with van der Waals surface area (Å²) in [7, 11) is 0. The predicted octanol–water partition coefficient (Wildman–Crippen LogP) is 5.45. The third-order valence-electron chi connectivity index (χ3n) is 2.91. The van der Waals surface area contributed by atoms with Gasteiger partial charge in [0.25, 0.3) is 0 Å². The van der Waals surface area contributed by atoms with Crippen LogP contribution in [0.4, 0.5) is 0 Å². The molecule has 1 heterocycles. The molecule has 0 aliphatic rings. The summed E-state index contributed by atoms with van der Waals surface area (Å²) in [5.41, 5.74) is 1.33. The molecule has 1 unspecified atom stereocenters. The number of hydrogen-bond donors (Lipinski definition) is 1. The summed E-state index contributed by atoms with van der Waals surface area (Å²) in [5, 5.41) is 3.60. The van der Waals surface area contributed by atoms with Crippen molar-refractivity contribution in [2.24, 2.45) is 0 Å². The van der Waals surface area contributed by atoms with Gasteiger partial charge in [0.2, 0.25) is 0 Å². The Kier molecular flexibility index (Phi) is 5.89. The molecule has 1 atom stereocenters. The summed E-state index contributed by atoms with van der Waals surface area (Å²) in [4.78, 5) is 1.30. The van der Waals surface area contributed by atoms with Gasteiger partial charge in [-0.3, -0.25) is 0 Å². The van der Waals surface area contributed by atoms with E-state index < -0.39 is 0 Å². The third-order valence-corrected chi connectivity index (χ3v) is 4.75. The van der Waals surface area contributed by atoms with E-state index in [0.29, 0.717) is 6.04 Å². The molecule has 0 amide bonds. The lowest BCUT2D eigenvalue weighted by atomic mass is 10.0. The molecule has 0 saturated carbocycles. The molecule has 0 aliphatic carbocycles. The molecule has 1 nitrogen and oxygen atoms in total. The van der Waals surface area contributed by atoms with Crippen molar-refractivity contribution in [3.8, 4) is 0 Å². The fraction of sp³-hybridized carbons (Fsp3) is 0.333. The molecule has 4 heteroatoms. The van der Waals surface area contributed by atoms with Crippen LogP contribution in [0, 0.1) is 0 Å². The van der Waals surface area contributed by atoms with Crippen molar-refractivity contribution in [3.05, 3.63) is 55.6 Å². The normalized spacial score (nSPS) is 12.6. The Morgan fingerprint density at radius 1 is 1.32 bits per heavy atom. The molecule has 0 saturated heterocycles. The molecule has 19 heavy (non-hydrogen) atoms. The molecule has 1 N–H and O–H groups in total. The average molecular weight is 359 g/mol. The number of benzene rings is 1. The van der Waals surface area contributed by atoms with Gasteiger partial charge >= 0.3 is 0 Å². The molecule has 0 spiro atoms. The summed E-state index contributed by atoms with van der Waals surface area (Å²) in [6, 6.07) is 12.9. The maximum atomic E-state index is 6.05. The summed E-state index contributed by atoms with van der Waals surface area (Å²) in [6.07, 6.45) is 2.12. The van der Waals surface area contributed by atoms with Crippen LogP contribution >= 0.6 is 38.9 Å². The molecule has 0 radical (unpaired) electrons. The third kappa shape index (κ3) is 4.60. The van der Waals surface area contributed by atoms with E-state index in [9.17, 15) is 0 Å². The lowest BCUT2D eigenvalue weighted by Crippen LogP contribution is -2.23. The Morgan fingerprint density at radius 2 is 2.16 bits per heavy atom. The highest BCUT2D eigenvalue weighted by atomic mass is 79.9. The SMILES string of the molecule is CCCNC(Cc1cccc(Br)c1)c1ccc(Cl)s1. The van der Waals surface area contributed by atoms with Gasteiger partial charge in [-0.25, -0.2) is 0 Å². The molecule has 2 aromatic rings. The van der Waals surface area contributed by atoms with E-state index in [1.54, 1.807) is 11.3 Å². The second kappa shape index (κ2) is 7.44. The molecule has 102 valence electrons. The smallest absolute Gasteiger partial charge is 0.0931 e. The zero-order chi connectivity index (χ0) is 13.7. The molecule has 0 fully saturated rings. The molecule has 0 aliphatic heterocycles. The first-order chi connectivity index (χ1) is 9.19. The fourth-order valence-corrected chi connectivity index (χ4v) is 3.59. The van der Waals surface area contributed by atoms with Crippen molar-refractivity contribution in [3.63, 3.8) is 0 Å². The Hall–Kier alpha value is -0.350. The Bertz CT molecular complexity index is 526. The van der Waals surface area contributed by atoms with Gasteiger partial charge in [0.1, 0.15) is 0 Å². The van der Waals surface area contributed by atoms with Gasteiger partial charge in [0.15, 0.2) is 0 Å². The van der Waals surface area contributed by atoms with E-state index in [2.05, 4.69) is 58.5 Å². The Labute approximate surface area is 132 Å². The number of hydrogen-bond acceptors (Lipinski definition) is 2. The van der Waals surface area contributed by atoms with E-state index in [4.69, 9.17) is 11.6 Å². The molecule has 1 aromatic carbocycles. The molecule has 1 aromatic heterocycles. The summed E-state index contributed by atoms with van der Waals surface area (Å²) in [6.45, 7) is 3.21. The minimum absolute atomic E-state index is 0.340. The number of thiophene rings is 1. The van der Waals surface area contributed by atoms with Gasteiger partial charge in [0, 0.05) is 15.4 Å². The number of rotatable bonds is 6. The first-order valence-corrected chi connectivity index (χ1v) is 8.41. The Morgan fingerprint density at radius 3 is 2.79 bits per heavy atom. The summed E-state index contributed by atoms with van der Waals surface area (Å²) < 4.78 is 1.98. The minimum Gasteiger partial charge on any atom is -0.309 e. The summed E-state index contributed by atoms with van der Waals surface area (Å²) >= 11 is 11.2. The largest absolute Gasteiger partial charge is 0.309 e. The lowest BCUT2D eigenvalue weighted by molar-refractivity contribution is 0.536. The number of nitrogens with one attached hydrogen (secondary N) is 1. The van der Waals surface area contributed by atoms with E-state index in [-0.39, 0.29) is 0 Å². The minimum atomic E-state index is 0.340. The van der Waals surface area contributed by atoms with E-state index in [1.165, 1.54) is 10.4 Å². The van der Waals surface area contributed by atoms with Gasteiger partial charge < -0.3 is 5.32 Å². The van der Waals surface area contributed by atoms with Crippen LogP contribution in [0.2, 0.25) is 4.34 Å². The zero-order valence-electron chi connectivity index (χ0n) is 10.8. The quantitative estimate of drug-likeness (QED) is 0.724. The maximum absolute atomic E-state index is 6.05. The Balaban J connectivity index is 2.13. The van der Waals surface area contributed by atoms with Crippen LogP contribution in [0.1, 0.15) is 29.8 Å². The van der Waals surface area contributed by atoms with Crippen molar-refractivity contribution in [2.45, 2.75) is 25.8 Å². The van der Waals surface area contributed by atoms with Crippen LogP contribution in [0.15, 0.2) is 40.9 Å². The maximum Gasteiger partial charge on any atom is 0.0931 e. The predicted molar refractivity (Wildman–Crippen MR) is 88.2 cm³/mol.